The highest BCUT2D eigenvalue weighted by atomic mass is 35.5. The maximum Gasteiger partial charge on any atom is 0.129 e. The van der Waals surface area contributed by atoms with Gasteiger partial charge in [-0.2, -0.15) is 0 Å². The third kappa shape index (κ3) is 2.79. The van der Waals surface area contributed by atoms with Crippen molar-refractivity contribution in [3.8, 4) is 5.75 Å². The van der Waals surface area contributed by atoms with Crippen LogP contribution >= 0.6 is 11.6 Å². The number of halogens is 2. The Balaban J connectivity index is 2.54. The van der Waals surface area contributed by atoms with Gasteiger partial charge >= 0.3 is 0 Å². The fourth-order valence-corrected chi connectivity index (χ4v) is 2.50. The van der Waals surface area contributed by atoms with Crippen LogP contribution in [0.3, 0.4) is 0 Å². The predicted molar refractivity (Wildman–Crippen MR) is 77.9 cm³/mol. The van der Waals surface area contributed by atoms with Crippen LogP contribution in [-0.2, 0) is 0 Å². The van der Waals surface area contributed by atoms with Crippen molar-refractivity contribution in [1.82, 2.24) is 0 Å². The van der Waals surface area contributed by atoms with Crippen LogP contribution in [0.25, 0.3) is 0 Å². The second-order valence-corrected chi connectivity index (χ2v) is 5.20. The molecule has 4 heteroatoms. The lowest BCUT2D eigenvalue weighted by Gasteiger charge is -2.18. The van der Waals surface area contributed by atoms with Gasteiger partial charge in [-0.25, -0.2) is 4.39 Å². The van der Waals surface area contributed by atoms with Crippen LogP contribution in [0.1, 0.15) is 28.4 Å². The standard InChI is InChI=1S/C16H16ClFO2/c1-9-6-10(2)15(13(18)7-9)16(19)12-5-4-11(17)8-14(12)20-3/h4-8,16,19H,1-3H3. The first-order valence-electron chi connectivity index (χ1n) is 6.22. The van der Waals surface area contributed by atoms with Gasteiger partial charge < -0.3 is 9.84 Å². The van der Waals surface area contributed by atoms with Crippen LogP contribution in [0.15, 0.2) is 30.3 Å². The molecule has 0 saturated heterocycles. The maximum absolute atomic E-state index is 14.1. The maximum atomic E-state index is 14.1. The van der Waals surface area contributed by atoms with Gasteiger partial charge in [0.15, 0.2) is 0 Å². The number of aryl methyl sites for hydroxylation is 2. The SMILES string of the molecule is COc1cc(Cl)ccc1C(O)c1c(C)cc(C)cc1F. The normalized spacial score (nSPS) is 12.3. The number of ether oxygens (including phenoxy) is 1. The zero-order valence-electron chi connectivity index (χ0n) is 11.6. The summed E-state index contributed by atoms with van der Waals surface area (Å²) in [6.07, 6.45) is -1.09. The number of benzene rings is 2. The Labute approximate surface area is 122 Å². The molecule has 0 spiro atoms. The van der Waals surface area contributed by atoms with Crippen molar-refractivity contribution >= 4 is 11.6 Å². The van der Waals surface area contributed by atoms with Crippen molar-refractivity contribution in [1.29, 1.82) is 0 Å². The largest absolute Gasteiger partial charge is 0.496 e. The first-order valence-corrected chi connectivity index (χ1v) is 6.60. The molecule has 106 valence electrons. The van der Waals surface area contributed by atoms with Gasteiger partial charge in [-0.1, -0.05) is 23.7 Å². The number of hydrogen-bond donors (Lipinski definition) is 1. The molecule has 2 aromatic rings. The summed E-state index contributed by atoms with van der Waals surface area (Å²) in [7, 11) is 1.49. The van der Waals surface area contributed by atoms with Crippen LogP contribution in [-0.4, -0.2) is 12.2 Å². The molecule has 0 amide bonds. The lowest BCUT2D eigenvalue weighted by molar-refractivity contribution is 0.209. The Morgan fingerprint density at radius 1 is 1.20 bits per heavy atom. The van der Waals surface area contributed by atoms with Gasteiger partial charge in [0.25, 0.3) is 0 Å². The molecule has 1 unspecified atom stereocenters. The van der Waals surface area contributed by atoms with Crippen LogP contribution < -0.4 is 4.74 Å². The molecular weight excluding hydrogens is 279 g/mol. The minimum absolute atomic E-state index is 0.260. The average molecular weight is 295 g/mol. The van der Waals surface area contributed by atoms with Crippen LogP contribution in [0.5, 0.6) is 5.75 Å². The first-order chi connectivity index (χ1) is 9.43. The molecule has 20 heavy (non-hydrogen) atoms. The summed E-state index contributed by atoms with van der Waals surface area (Å²) in [6.45, 7) is 3.59. The summed E-state index contributed by atoms with van der Waals surface area (Å²) in [4.78, 5) is 0. The fraction of sp³-hybridized carbons (Fsp3) is 0.250. The zero-order valence-corrected chi connectivity index (χ0v) is 12.3. The van der Waals surface area contributed by atoms with E-state index in [0.29, 0.717) is 21.9 Å². The smallest absolute Gasteiger partial charge is 0.129 e. The first kappa shape index (κ1) is 14.8. The summed E-state index contributed by atoms with van der Waals surface area (Å²) in [6, 6.07) is 8.13. The van der Waals surface area contributed by atoms with Gasteiger partial charge in [-0.15, -0.1) is 0 Å². The van der Waals surface area contributed by atoms with E-state index >= 15 is 0 Å². The van der Waals surface area contributed by atoms with Crippen molar-refractivity contribution in [2.24, 2.45) is 0 Å². The molecule has 0 aliphatic carbocycles. The highest BCUT2D eigenvalue weighted by Crippen LogP contribution is 2.34. The van der Waals surface area contributed by atoms with E-state index in [0.717, 1.165) is 5.56 Å². The number of methoxy groups -OCH3 is 1. The second-order valence-electron chi connectivity index (χ2n) is 4.77. The van der Waals surface area contributed by atoms with Crippen molar-refractivity contribution in [2.75, 3.05) is 7.11 Å². The molecule has 2 rings (SSSR count). The molecule has 0 aromatic heterocycles. The van der Waals surface area contributed by atoms with Crippen LogP contribution in [0.2, 0.25) is 5.02 Å². The highest BCUT2D eigenvalue weighted by Gasteiger charge is 2.21. The Bertz CT molecular complexity index is 617. The molecule has 0 bridgehead atoms. The molecule has 0 heterocycles. The Morgan fingerprint density at radius 2 is 1.90 bits per heavy atom. The van der Waals surface area contributed by atoms with Gasteiger partial charge in [0.05, 0.1) is 7.11 Å². The summed E-state index contributed by atoms with van der Waals surface area (Å²) in [5, 5.41) is 11.0. The summed E-state index contributed by atoms with van der Waals surface area (Å²) in [5.41, 5.74) is 2.27. The lowest BCUT2D eigenvalue weighted by Crippen LogP contribution is -2.07. The monoisotopic (exact) mass is 294 g/mol. The minimum Gasteiger partial charge on any atom is -0.496 e. The summed E-state index contributed by atoms with van der Waals surface area (Å²) < 4.78 is 19.3. The molecule has 2 nitrogen and oxygen atoms in total. The third-order valence-corrected chi connectivity index (χ3v) is 3.48. The Kier molecular flexibility index (Phi) is 4.31. The number of aliphatic hydroxyl groups is 1. The minimum atomic E-state index is -1.09. The van der Waals surface area contributed by atoms with E-state index in [1.165, 1.54) is 13.2 Å². The zero-order chi connectivity index (χ0) is 14.9. The predicted octanol–water partition coefficient (Wildman–Crippen LogP) is 4.19. The van der Waals surface area contributed by atoms with E-state index in [4.69, 9.17) is 16.3 Å². The highest BCUT2D eigenvalue weighted by molar-refractivity contribution is 6.30. The lowest BCUT2D eigenvalue weighted by atomic mass is 9.95. The summed E-state index contributed by atoms with van der Waals surface area (Å²) in [5.74, 6) is 0.0105. The number of aliphatic hydroxyl groups excluding tert-OH is 1. The quantitative estimate of drug-likeness (QED) is 0.920. The third-order valence-electron chi connectivity index (χ3n) is 3.24. The van der Waals surface area contributed by atoms with Crippen LogP contribution in [0, 0.1) is 19.7 Å². The molecule has 0 fully saturated rings. The fourth-order valence-electron chi connectivity index (χ4n) is 2.34. The van der Waals surface area contributed by atoms with Gasteiger partial charge in [-0.3, -0.25) is 0 Å². The molecule has 0 radical (unpaired) electrons. The molecule has 2 aromatic carbocycles. The van der Waals surface area contributed by atoms with E-state index in [2.05, 4.69) is 0 Å². The molecule has 0 aliphatic heterocycles. The molecule has 0 saturated carbocycles. The van der Waals surface area contributed by atoms with Gasteiger partial charge in [0.1, 0.15) is 17.7 Å². The Hall–Kier alpha value is -1.58. The second kappa shape index (κ2) is 5.81. The van der Waals surface area contributed by atoms with Gasteiger partial charge in [0, 0.05) is 16.1 Å². The number of rotatable bonds is 3. The molecule has 1 N–H and O–H groups in total. The van der Waals surface area contributed by atoms with Gasteiger partial charge in [-0.05, 0) is 43.2 Å². The van der Waals surface area contributed by atoms with E-state index in [1.54, 1.807) is 25.1 Å². The molecule has 0 aliphatic rings. The van der Waals surface area contributed by atoms with Gasteiger partial charge in [0.2, 0.25) is 0 Å². The molecular formula is C16H16ClFO2. The van der Waals surface area contributed by atoms with Crippen molar-refractivity contribution in [3.63, 3.8) is 0 Å². The summed E-state index contributed by atoms with van der Waals surface area (Å²) >= 11 is 5.89. The van der Waals surface area contributed by atoms with Crippen molar-refractivity contribution in [3.05, 3.63) is 63.4 Å². The van der Waals surface area contributed by atoms with Crippen LogP contribution in [0.4, 0.5) is 4.39 Å². The Morgan fingerprint density at radius 3 is 2.50 bits per heavy atom. The van der Waals surface area contributed by atoms with E-state index < -0.39 is 11.9 Å². The van der Waals surface area contributed by atoms with E-state index in [9.17, 15) is 9.50 Å². The van der Waals surface area contributed by atoms with E-state index in [1.807, 2.05) is 13.0 Å². The van der Waals surface area contributed by atoms with E-state index in [-0.39, 0.29) is 5.56 Å². The topological polar surface area (TPSA) is 29.5 Å². The molecule has 1 atom stereocenters. The average Bonchev–Trinajstić information content (AvgIpc) is 2.37. The number of hydrogen-bond acceptors (Lipinski definition) is 2. The van der Waals surface area contributed by atoms with Crippen molar-refractivity contribution in [2.45, 2.75) is 20.0 Å². The van der Waals surface area contributed by atoms with Crippen molar-refractivity contribution < 1.29 is 14.2 Å².